The molecule has 1 saturated carbocycles. The lowest BCUT2D eigenvalue weighted by Gasteiger charge is -2.23. The Morgan fingerprint density at radius 3 is 2.37 bits per heavy atom. The molecule has 2 N–H and O–H groups in total. The highest BCUT2D eigenvalue weighted by Crippen LogP contribution is 2.29. The first-order chi connectivity index (χ1) is 9.10. The van der Waals surface area contributed by atoms with Crippen LogP contribution in [0.5, 0.6) is 0 Å². The van der Waals surface area contributed by atoms with E-state index in [1.54, 1.807) is 0 Å². The maximum absolute atomic E-state index is 12.2. The molecule has 3 heteroatoms. The lowest BCUT2D eigenvalue weighted by molar-refractivity contribution is -0.132. The Morgan fingerprint density at radius 2 is 1.89 bits per heavy atom. The third-order valence-corrected chi connectivity index (χ3v) is 3.59. The summed E-state index contributed by atoms with van der Waals surface area (Å²) >= 11 is 0. The molecule has 1 aliphatic rings. The van der Waals surface area contributed by atoms with E-state index >= 15 is 0 Å². The minimum absolute atomic E-state index is 0.0591. The average molecular weight is 260 g/mol. The van der Waals surface area contributed by atoms with Gasteiger partial charge in [-0.3, -0.25) is 4.79 Å². The summed E-state index contributed by atoms with van der Waals surface area (Å²) < 4.78 is 0. The number of amides is 1. The van der Waals surface area contributed by atoms with Gasteiger partial charge in [0.1, 0.15) is 0 Å². The topological polar surface area (TPSA) is 46.3 Å². The Hall–Kier alpha value is -1.35. The molecule has 3 nitrogen and oxygen atoms in total. The zero-order valence-corrected chi connectivity index (χ0v) is 11.9. The SMILES string of the molecule is CCc1ccc(CN(C(=O)CC(C)N)C2CC2)cc1. The number of aryl methyl sites for hydroxylation is 1. The van der Waals surface area contributed by atoms with E-state index in [-0.39, 0.29) is 11.9 Å². The highest BCUT2D eigenvalue weighted by Gasteiger charge is 2.32. The number of carbonyl (C=O) groups excluding carboxylic acids is 1. The number of hydrogen-bond donors (Lipinski definition) is 1. The van der Waals surface area contributed by atoms with Crippen molar-refractivity contribution in [3.05, 3.63) is 35.4 Å². The van der Waals surface area contributed by atoms with Gasteiger partial charge < -0.3 is 10.6 Å². The van der Waals surface area contributed by atoms with Crippen LogP contribution in [-0.4, -0.2) is 22.9 Å². The first-order valence-electron chi connectivity index (χ1n) is 7.23. The molecule has 1 unspecified atom stereocenters. The van der Waals surface area contributed by atoms with Crippen LogP contribution >= 0.6 is 0 Å². The Kier molecular flexibility index (Phi) is 4.59. The molecule has 1 amide bonds. The molecule has 0 bridgehead atoms. The van der Waals surface area contributed by atoms with Gasteiger partial charge in [-0.1, -0.05) is 31.2 Å². The molecular formula is C16H24N2O. The van der Waals surface area contributed by atoms with E-state index < -0.39 is 0 Å². The van der Waals surface area contributed by atoms with Crippen LogP contribution in [0.1, 0.15) is 44.2 Å². The third-order valence-electron chi connectivity index (χ3n) is 3.59. The molecule has 2 rings (SSSR count). The van der Waals surface area contributed by atoms with Gasteiger partial charge in [0.2, 0.25) is 5.91 Å². The Labute approximate surface area is 115 Å². The van der Waals surface area contributed by atoms with Gasteiger partial charge in [-0.2, -0.15) is 0 Å². The largest absolute Gasteiger partial charge is 0.335 e. The van der Waals surface area contributed by atoms with Crippen LogP contribution in [0.4, 0.5) is 0 Å². The zero-order valence-electron chi connectivity index (χ0n) is 11.9. The monoisotopic (exact) mass is 260 g/mol. The standard InChI is InChI=1S/C16H24N2O/c1-3-13-4-6-14(7-5-13)11-18(15-8-9-15)16(19)10-12(2)17/h4-7,12,15H,3,8-11,17H2,1-2H3. The molecular weight excluding hydrogens is 236 g/mol. The van der Waals surface area contributed by atoms with Crippen LogP contribution < -0.4 is 5.73 Å². The second kappa shape index (κ2) is 6.20. The minimum Gasteiger partial charge on any atom is -0.335 e. The van der Waals surface area contributed by atoms with Crippen molar-refractivity contribution in [2.75, 3.05) is 0 Å². The van der Waals surface area contributed by atoms with Crippen molar-refractivity contribution in [1.29, 1.82) is 0 Å². The van der Waals surface area contributed by atoms with Gasteiger partial charge in [0.05, 0.1) is 0 Å². The molecule has 104 valence electrons. The van der Waals surface area contributed by atoms with Gasteiger partial charge in [-0.05, 0) is 37.3 Å². The summed E-state index contributed by atoms with van der Waals surface area (Å²) in [5, 5.41) is 0. The van der Waals surface area contributed by atoms with Crippen LogP contribution in [0.15, 0.2) is 24.3 Å². The number of carbonyl (C=O) groups is 1. The summed E-state index contributed by atoms with van der Waals surface area (Å²) in [6.45, 7) is 4.76. The summed E-state index contributed by atoms with van der Waals surface area (Å²) in [5.41, 5.74) is 8.28. The van der Waals surface area contributed by atoms with E-state index in [2.05, 4.69) is 31.2 Å². The maximum Gasteiger partial charge on any atom is 0.224 e. The van der Waals surface area contributed by atoms with Crippen molar-refractivity contribution in [2.24, 2.45) is 5.73 Å². The highest BCUT2D eigenvalue weighted by atomic mass is 16.2. The molecule has 0 saturated heterocycles. The van der Waals surface area contributed by atoms with E-state index in [1.807, 2.05) is 11.8 Å². The van der Waals surface area contributed by atoms with Crippen molar-refractivity contribution in [1.82, 2.24) is 4.90 Å². The molecule has 1 atom stereocenters. The van der Waals surface area contributed by atoms with Crippen LogP contribution in [0.2, 0.25) is 0 Å². The van der Waals surface area contributed by atoms with Crippen molar-refractivity contribution >= 4 is 5.91 Å². The van der Waals surface area contributed by atoms with Gasteiger partial charge >= 0.3 is 0 Å². The van der Waals surface area contributed by atoms with Gasteiger partial charge in [0, 0.05) is 25.0 Å². The molecule has 0 aromatic heterocycles. The number of nitrogens with two attached hydrogens (primary N) is 1. The second-order valence-corrected chi connectivity index (χ2v) is 5.60. The Bertz CT molecular complexity index is 421. The lowest BCUT2D eigenvalue weighted by Crippen LogP contribution is -2.36. The molecule has 1 aromatic rings. The molecule has 0 aliphatic heterocycles. The quantitative estimate of drug-likeness (QED) is 0.854. The third kappa shape index (κ3) is 4.06. The van der Waals surface area contributed by atoms with Crippen LogP contribution in [0.3, 0.4) is 0 Å². The van der Waals surface area contributed by atoms with Crippen LogP contribution in [0.25, 0.3) is 0 Å². The normalized spacial score (nSPS) is 16.2. The Balaban J connectivity index is 2.01. The van der Waals surface area contributed by atoms with Crippen molar-refractivity contribution in [2.45, 2.75) is 58.2 Å². The van der Waals surface area contributed by atoms with Gasteiger partial charge in [0.15, 0.2) is 0 Å². The summed E-state index contributed by atoms with van der Waals surface area (Å²) in [4.78, 5) is 14.2. The summed E-state index contributed by atoms with van der Waals surface area (Å²) in [6, 6.07) is 8.95. The number of hydrogen-bond acceptors (Lipinski definition) is 2. The highest BCUT2D eigenvalue weighted by molar-refractivity contribution is 5.77. The number of benzene rings is 1. The first kappa shape index (κ1) is 14.1. The molecule has 19 heavy (non-hydrogen) atoms. The predicted octanol–water partition coefficient (Wildman–Crippen LogP) is 2.48. The molecule has 0 heterocycles. The fourth-order valence-corrected chi connectivity index (χ4v) is 2.28. The summed E-state index contributed by atoms with van der Waals surface area (Å²) in [5.74, 6) is 0.192. The smallest absolute Gasteiger partial charge is 0.224 e. The van der Waals surface area contributed by atoms with Crippen LogP contribution in [0, 0.1) is 0 Å². The summed E-state index contributed by atoms with van der Waals surface area (Å²) in [6.07, 6.45) is 3.77. The number of nitrogens with zero attached hydrogens (tertiary/aromatic N) is 1. The van der Waals surface area contributed by atoms with Crippen molar-refractivity contribution in [3.63, 3.8) is 0 Å². The minimum atomic E-state index is -0.0591. The first-order valence-corrected chi connectivity index (χ1v) is 7.23. The molecule has 1 fully saturated rings. The van der Waals surface area contributed by atoms with E-state index in [4.69, 9.17) is 5.73 Å². The average Bonchev–Trinajstić information content (AvgIpc) is 3.20. The van der Waals surface area contributed by atoms with E-state index in [0.717, 1.165) is 25.8 Å². The number of rotatable bonds is 6. The second-order valence-electron chi connectivity index (χ2n) is 5.60. The predicted molar refractivity (Wildman–Crippen MR) is 77.7 cm³/mol. The van der Waals surface area contributed by atoms with E-state index in [9.17, 15) is 4.79 Å². The van der Waals surface area contributed by atoms with E-state index in [0.29, 0.717) is 12.5 Å². The zero-order chi connectivity index (χ0) is 13.8. The molecule has 1 aromatic carbocycles. The molecule has 1 aliphatic carbocycles. The lowest BCUT2D eigenvalue weighted by atomic mass is 10.1. The van der Waals surface area contributed by atoms with E-state index in [1.165, 1.54) is 11.1 Å². The summed E-state index contributed by atoms with van der Waals surface area (Å²) in [7, 11) is 0. The van der Waals surface area contributed by atoms with Gasteiger partial charge in [0.25, 0.3) is 0 Å². The molecule has 0 radical (unpaired) electrons. The maximum atomic E-state index is 12.2. The van der Waals surface area contributed by atoms with Crippen LogP contribution in [-0.2, 0) is 17.8 Å². The fourth-order valence-electron chi connectivity index (χ4n) is 2.28. The van der Waals surface area contributed by atoms with Gasteiger partial charge in [-0.25, -0.2) is 0 Å². The molecule has 0 spiro atoms. The van der Waals surface area contributed by atoms with Crippen molar-refractivity contribution < 1.29 is 4.79 Å². The van der Waals surface area contributed by atoms with Gasteiger partial charge in [-0.15, -0.1) is 0 Å². The van der Waals surface area contributed by atoms with Crippen molar-refractivity contribution in [3.8, 4) is 0 Å². The fraction of sp³-hybridized carbons (Fsp3) is 0.562. The Morgan fingerprint density at radius 1 is 1.32 bits per heavy atom.